The van der Waals surface area contributed by atoms with Crippen LogP contribution in [0.15, 0.2) is 48.8 Å². The molecule has 0 bridgehead atoms. The summed E-state index contributed by atoms with van der Waals surface area (Å²) in [6.45, 7) is -0.519. The molecule has 0 aliphatic carbocycles. The second-order valence-corrected chi connectivity index (χ2v) is 6.74. The summed E-state index contributed by atoms with van der Waals surface area (Å²) in [5.74, 6) is -0.597. The number of hydrogen-bond donors (Lipinski definition) is 1. The highest BCUT2D eigenvalue weighted by molar-refractivity contribution is 7.92. The minimum atomic E-state index is -3.81. The zero-order valence-electron chi connectivity index (χ0n) is 12.6. The van der Waals surface area contributed by atoms with E-state index in [2.05, 4.69) is 10.3 Å². The normalized spacial score (nSPS) is 10.9. The van der Waals surface area contributed by atoms with Crippen LogP contribution in [0.5, 0.6) is 0 Å². The van der Waals surface area contributed by atoms with Crippen molar-refractivity contribution in [2.45, 2.75) is 0 Å². The van der Waals surface area contributed by atoms with Crippen molar-refractivity contribution in [1.82, 2.24) is 4.98 Å². The molecule has 0 unspecified atom stereocenters. The van der Waals surface area contributed by atoms with E-state index in [9.17, 15) is 23.3 Å². The van der Waals surface area contributed by atoms with Crippen LogP contribution in [-0.4, -0.2) is 37.0 Å². The molecule has 9 nitrogen and oxygen atoms in total. The van der Waals surface area contributed by atoms with Crippen molar-refractivity contribution in [3.8, 4) is 0 Å². The Labute approximate surface area is 138 Å². The number of carbonyl (C=O) groups is 1. The average Bonchev–Trinajstić information content (AvgIpc) is 2.52. The molecule has 0 saturated heterocycles. The number of nitrogens with one attached hydrogen (secondary N) is 1. The highest BCUT2D eigenvalue weighted by atomic mass is 32.2. The Morgan fingerprint density at radius 1 is 1.33 bits per heavy atom. The maximum absolute atomic E-state index is 12.1. The summed E-state index contributed by atoms with van der Waals surface area (Å²) in [4.78, 5) is 26.1. The Morgan fingerprint density at radius 3 is 2.67 bits per heavy atom. The molecule has 0 fully saturated rings. The molecule has 0 spiro atoms. The van der Waals surface area contributed by atoms with E-state index >= 15 is 0 Å². The quantitative estimate of drug-likeness (QED) is 0.620. The van der Waals surface area contributed by atoms with Gasteiger partial charge in [0, 0.05) is 18.3 Å². The first kappa shape index (κ1) is 17.3. The van der Waals surface area contributed by atoms with E-state index in [1.807, 2.05) is 0 Å². The van der Waals surface area contributed by atoms with Gasteiger partial charge in [-0.15, -0.1) is 0 Å². The lowest BCUT2D eigenvalue weighted by Crippen LogP contribution is -2.37. The summed E-state index contributed by atoms with van der Waals surface area (Å²) in [5, 5.41) is 13.4. The molecular weight excluding hydrogens is 336 g/mol. The minimum Gasteiger partial charge on any atom is -0.323 e. The van der Waals surface area contributed by atoms with Gasteiger partial charge in [0.15, 0.2) is 0 Å². The number of pyridine rings is 1. The Hall–Kier alpha value is -3.01. The van der Waals surface area contributed by atoms with Crippen LogP contribution in [0.4, 0.5) is 17.1 Å². The molecule has 0 aliphatic rings. The number of amides is 1. The Balaban J connectivity index is 2.25. The number of hydrogen-bond acceptors (Lipinski definition) is 6. The van der Waals surface area contributed by atoms with Gasteiger partial charge in [0.2, 0.25) is 15.9 Å². The molecule has 0 saturated carbocycles. The van der Waals surface area contributed by atoms with E-state index in [1.165, 1.54) is 30.6 Å². The van der Waals surface area contributed by atoms with Crippen molar-refractivity contribution in [1.29, 1.82) is 0 Å². The van der Waals surface area contributed by atoms with Crippen LogP contribution in [0, 0.1) is 10.1 Å². The van der Waals surface area contributed by atoms with Crippen molar-refractivity contribution in [2.24, 2.45) is 0 Å². The first-order valence-electron chi connectivity index (χ1n) is 6.69. The summed E-state index contributed by atoms with van der Waals surface area (Å²) < 4.78 is 24.7. The average molecular weight is 350 g/mol. The smallest absolute Gasteiger partial charge is 0.271 e. The molecule has 0 radical (unpaired) electrons. The topological polar surface area (TPSA) is 123 Å². The zero-order chi connectivity index (χ0) is 17.7. The Morgan fingerprint density at radius 2 is 2.08 bits per heavy atom. The maximum atomic E-state index is 12.1. The van der Waals surface area contributed by atoms with Crippen LogP contribution in [0.25, 0.3) is 0 Å². The van der Waals surface area contributed by atoms with Crippen LogP contribution < -0.4 is 9.62 Å². The van der Waals surface area contributed by atoms with Crippen molar-refractivity contribution < 1.29 is 18.1 Å². The van der Waals surface area contributed by atoms with E-state index in [4.69, 9.17) is 0 Å². The van der Waals surface area contributed by atoms with Gasteiger partial charge in [-0.05, 0) is 18.2 Å². The Bertz CT molecular complexity index is 854. The van der Waals surface area contributed by atoms with E-state index < -0.39 is 27.4 Å². The van der Waals surface area contributed by atoms with Gasteiger partial charge in [0.1, 0.15) is 6.54 Å². The van der Waals surface area contributed by atoms with Crippen molar-refractivity contribution in [3.63, 3.8) is 0 Å². The number of nitro groups is 1. The number of non-ortho nitro benzene ring substituents is 1. The summed E-state index contributed by atoms with van der Waals surface area (Å²) in [5.41, 5.74) is 0.178. The monoisotopic (exact) mass is 350 g/mol. The van der Waals surface area contributed by atoms with Crippen LogP contribution in [0.2, 0.25) is 0 Å². The summed E-state index contributed by atoms with van der Waals surface area (Å²) in [6, 6.07) is 8.28. The number of benzene rings is 1. The fourth-order valence-corrected chi connectivity index (χ4v) is 2.78. The van der Waals surface area contributed by atoms with Crippen LogP contribution >= 0.6 is 0 Å². The number of nitro benzene ring substituents is 1. The molecule has 1 amide bonds. The number of nitrogens with zero attached hydrogens (tertiary/aromatic N) is 3. The summed E-state index contributed by atoms with van der Waals surface area (Å²) >= 11 is 0. The lowest BCUT2D eigenvalue weighted by molar-refractivity contribution is -0.384. The first-order valence-corrected chi connectivity index (χ1v) is 8.54. The van der Waals surface area contributed by atoms with Gasteiger partial charge in [0.05, 0.1) is 28.8 Å². The third-order valence-corrected chi connectivity index (χ3v) is 4.10. The minimum absolute atomic E-state index is 0.0352. The largest absolute Gasteiger partial charge is 0.323 e. The van der Waals surface area contributed by atoms with Crippen molar-refractivity contribution in [3.05, 3.63) is 58.9 Å². The standard InChI is InChI=1S/C14H14N4O5S/c1-24(22,23)17(12-5-2-6-13(8-12)18(20)21)10-14(19)16-11-4-3-7-15-9-11/h2-9H,10H2,1H3,(H,16,19). The highest BCUT2D eigenvalue weighted by Gasteiger charge is 2.22. The third-order valence-electron chi connectivity index (χ3n) is 2.96. The van der Waals surface area contributed by atoms with Crippen LogP contribution in [-0.2, 0) is 14.8 Å². The lowest BCUT2D eigenvalue weighted by Gasteiger charge is -2.21. The van der Waals surface area contributed by atoms with Crippen LogP contribution in [0.3, 0.4) is 0 Å². The number of anilines is 2. The fourth-order valence-electron chi connectivity index (χ4n) is 1.93. The van der Waals surface area contributed by atoms with E-state index in [0.29, 0.717) is 5.69 Å². The van der Waals surface area contributed by atoms with Crippen molar-refractivity contribution in [2.75, 3.05) is 22.4 Å². The SMILES string of the molecule is CS(=O)(=O)N(CC(=O)Nc1cccnc1)c1cccc([N+](=O)[O-])c1. The third kappa shape index (κ3) is 4.49. The number of aromatic nitrogens is 1. The van der Waals surface area contributed by atoms with E-state index in [0.717, 1.165) is 16.6 Å². The van der Waals surface area contributed by atoms with Gasteiger partial charge in [-0.25, -0.2) is 8.42 Å². The molecule has 1 aromatic heterocycles. The molecule has 10 heteroatoms. The van der Waals surface area contributed by atoms with Gasteiger partial charge in [0.25, 0.3) is 5.69 Å². The molecule has 1 heterocycles. The molecule has 2 aromatic rings. The lowest BCUT2D eigenvalue weighted by atomic mass is 10.3. The first-order chi connectivity index (χ1) is 11.3. The Kier molecular flexibility index (Phi) is 5.09. The second kappa shape index (κ2) is 7.04. The van der Waals surface area contributed by atoms with Gasteiger partial charge >= 0.3 is 0 Å². The maximum Gasteiger partial charge on any atom is 0.271 e. The van der Waals surface area contributed by atoms with E-state index in [1.54, 1.807) is 12.1 Å². The van der Waals surface area contributed by atoms with Gasteiger partial charge in [-0.3, -0.25) is 24.2 Å². The molecule has 2 rings (SSSR count). The van der Waals surface area contributed by atoms with Crippen molar-refractivity contribution >= 4 is 33.0 Å². The number of rotatable bonds is 6. The number of carbonyl (C=O) groups excluding carboxylic acids is 1. The van der Waals surface area contributed by atoms with Gasteiger partial charge < -0.3 is 5.32 Å². The second-order valence-electron chi connectivity index (χ2n) is 4.84. The summed E-state index contributed by atoms with van der Waals surface area (Å²) in [7, 11) is -3.81. The zero-order valence-corrected chi connectivity index (χ0v) is 13.4. The molecule has 126 valence electrons. The van der Waals surface area contributed by atoms with E-state index in [-0.39, 0.29) is 11.4 Å². The molecular formula is C14H14N4O5S. The van der Waals surface area contributed by atoms with Crippen LogP contribution in [0.1, 0.15) is 0 Å². The van der Waals surface area contributed by atoms with Gasteiger partial charge in [-0.2, -0.15) is 0 Å². The predicted molar refractivity (Wildman–Crippen MR) is 88.2 cm³/mol. The molecule has 1 N–H and O–H groups in total. The number of sulfonamides is 1. The fraction of sp³-hybridized carbons (Fsp3) is 0.143. The van der Waals surface area contributed by atoms with Gasteiger partial charge in [-0.1, -0.05) is 6.07 Å². The highest BCUT2D eigenvalue weighted by Crippen LogP contribution is 2.23. The molecule has 0 atom stereocenters. The molecule has 24 heavy (non-hydrogen) atoms. The summed E-state index contributed by atoms with van der Waals surface area (Å²) in [6.07, 6.45) is 3.86. The predicted octanol–water partition coefficient (Wildman–Crippen LogP) is 1.39. The molecule has 0 aliphatic heterocycles. The molecule has 1 aromatic carbocycles.